The average molecular weight is 422 g/mol. The molecular weight excluding hydrogens is 398 g/mol. The van der Waals surface area contributed by atoms with Crippen molar-refractivity contribution in [1.29, 1.82) is 0 Å². The highest BCUT2D eigenvalue weighted by Gasteiger charge is 2.46. The Balaban J connectivity index is 5.16. The molecule has 0 aromatic rings. The number of carbonyl (C=O) groups is 2. The van der Waals surface area contributed by atoms with Crippen LogP contribution >= 0.6 is 15.4 Å². The van der Waals surface area contributed by atoms with Crippen LogP contribution in [0.1, 0.15) is 47.0 Å². The molecular formula is C12H24O12P2. The molecule has 26 heavy (non-hydrogen) atoms. The lowest BCUT2D eigenvalue weighted by atomic mass is 10.3. The van der Waals surface area contributed by atoms with Gasteiger partial charge in [-0.25, -0.2) is 14.3 Å². The van der Waals surface area contributed by atoms with E-state index in [0.717, 1.165) is 0 Å². The van der Waals surface area contributed by atoms with Crippen molar-refractivity contribution >= 4 is 27.4 Å². The number of phosphoric ester groups is 1. The fourth-order valence-electron chi connectivity index (χ4n) is 1.14. The predicted molar refractivity (Wildman–Crippen MR) is 85.6 cm³/mol. The van der Waals surface area contributed by atoms with Gasteiger partial charge in [-0.3, -0.25) is 19.0 Å². The number of phosphoric acid groups is 1. The normalized spacial score (nSPS) is 19.6. The Hall–Kier alpha value is -0.840. The summed E-state index contributed by atoms with van der Waals surface area (Å²) in [5.41, 5.74) is -2.32. The lowest BCUT2D eigenvalue weighted by molar-refractivity contribution is -0.255. The van der Waals surface area contributed by atoms with Crippen LogP contribution in [0.5, 0.6) is 0 Å². The Labute approximate surface area is 150 Å². The molecule has 154 valence electrons. The quantitative estimate of drug-likeness (QED) is 0.224. The fraction of sp³-hybridized carbons (Fsp3) is 0.833. The van der Waals surface area contributed by atoms with E-state index in [1.165, 1.54) is 13.8 Å². The van der Waals surface area contributed by atoms with E-state index in [1.807, 2.05) is 0 Å². The van der Waals surface area contributed by atoms with Gasteiger partial charge in [0.25, 0.3) is 0 Å². The van der Waals surface area contributed by atoms with Crippen molar-refractivity contribution < 1.29 is 57.3 Å². The number of aliphatic carboxylic acids is 1. The van der Waals surface area contributed by atoms with Gasteiger partial charge >= 0.3 is 27.4 Å². The maximum atomic E-state index is 12.1. The molecule has 0 saturated heterocycles. The van der Waals surface area contributed by atoms with Crippen molar-refractivity contribution in [3.8, 4) is 0 Å². The summed E-state index contributed by atoms with van der Waals surface area (Å²) in [6.45, 7) is 6.35. The van der Waals surface area contributed by atoms with E-state index in [4.69, 9.17) is 5.11 Å². The van der Waals surface area contributed by atoms with Crippen LogP contribution in [-0.2, 0) is 42.4 Å². The number of carboxylic acids is 1. The van der Waals surface area contributed by atoms with Crippen LogP contribution in [0.4, 0.5) is 0 Å². The number of hydrogen-bond donors (Lipinski definition) is 3. The zero-order chi connectivity index (χ0) is 20.5. The summed E-state index contributed by atoms with van der Waals surface area (Å²) >= 11 is 0. The Morgan fingerprint density at radius 2 is 1.42 bits per heavy atom. The smallest absolute Gasteiger partial charge is 0.481 e. The van der Waals surface area contributed by atoms with Gasteiger partial charge in [-0.1, -0.05) is 13.8 Å². The minimum Gasteiger partial charge on any atom is -0.481 e. The summed E-state index contributed by atoms with van der Waals surface area (Å²) < 4.78 is 36.3. The minimum atomic E-state index is -5.12. The van der Waals surface area contributed by atoms with Crippen molar-refractivity contribution in [1.82, 2.24) is 0 Å². The molecule has 12 nitrogen and oxygen atoms in total. The van der Waals surface area contributed by atoms with Crippen LogP contribution in [0, 0.1) is 0 Å². The average Bonchev–Trinajstić information content (AvgIpc) is 2.54. The Bertz CT molecular complexity index is 564. The largest absolute Gasteiger partial charge is 0.557 e. The molecule has 0 aliphatic carbocycles. The van der Waals surface area contributed by atoms with Crippen molar-refractivity contribution in [3.05, 3.63) is 0 Å². The fourth-order valence-corrected chi connectivity index (χ4v) is 2.94. The monoisotopic (exact) mass is 422 g/mol. The van der Waals surface area contributed by atoms with E-state index in [-0.39, 0.29) is 0 Å². The highest BCUT2D eigenvalue weighted by molar-refractivity contribution is 7.55. The standard InChI is InChI=1S/C12H24O12P2/c1-5-8(3)20-23-25(16,17)10(7-11(13)14)12(15)22-26(18,19)24-21-9(4)6-2/h8-10H,5-7H2,1-4H3,(H,13,14)(H,16,17)(H,18,19). The van der Waals surface area contributed by atoms with Crippen molar-refractivity contribution in [2.45, 2.75) is 64.8 Å². The van der Waals surface area contributed by atoms with Crippen LogP contribution in [-0.4, -0.2) is 44.7 Å². The second kappa shape index (κ2) is 11.1. The molecule has 0 amide bonds. The van der Waals surface area contributed by atoms with Crippen molar-refractivity contribution in [3.63, 3.8) is 0 Å². The third-order valence-electron chi connectivity index (χ3n) is 3.00. The summed E-state index contributed by atoms with van der Waals surface area (Å²) in [6, 6.07) is 0. The van der Waals surface area contributed by atoms with E-state index in [1.54, 1.807) is 13.8 Å². The molecule has 0 spiro atoms. The number of carbonyl (C=O) groups excluding carboxylic acids is 1. The first-order chi connectivity index (χ1) is 11.8. The van der Waals surface area contributed by atoms with Gasteiger partial charge in [-0.2, -0.15) is 0 Å². The maximum Gasteiger partial charge on any atom is 0.557 e. The molecule has 0 aromatic heterocycles. The molecule has 0 aliphatic rings. The van der Waals surface area contributed by atoms with E-state index in [0.29, 0.717) is 12.8 Å². The SMILES string of the molecule is CCC(C)OOP(=O)(O)OC(=O)C(CC(=O)O)P(=O)(O)OOC(C)CC. The zero-order valence-corrected chi connectivity index (χ0v) is 16.6. The van der Waals surface area contributed by atoms with E-state index >= 15 is 0 Å². The second-order valence-electron chi connectivity index (χ2n) is 5.34. The molecule has 3 N–H and O–H groups in total. The van der Waals surface area contributed by atoms with Crippen LogP contribution in [0.2, 0.25) is 0 Å². The third kappa shape index (κ3) is 9.75. The molecule has 0 bridgehead atoms. The maximum absolute atomic E-state index is 12.1. The number of carboxylic acid groups (broad SMARTS) is 1. The van der Waals surface area contributed by atoms with Crippen molar-refractivity contribution in [2.24, 2.45) is 0 Å². The lowest BCUT2D eigenvalue weighted by Crippen LogP contribution is -2.27. The summed E-state index contributed by atoms with van der Waals surface area (Å²) in [7, 11) is -10.1. The summed E-state index contributed by atoms with van der Waals surface area (Å²) in [5, 5.41) is 8.80. The Morgan fingerprint density at radius 3 is 1.85 bits per heavy atom. The summed E-state index contributed by atoms with van der Waals surface area (Å²) in [5.74, 6) is -3.46. The van der Waals surface area contributed by atoms with Crippen LogP contribution < -0.4 is 0 Å². The highest BCUT2D eigenvalue weighted by Crippen LogP contribution is 2.53. The highest BCUT2D eigenvalue weighted by atomic mass is 31.2. The molecule has 5 atom stereocenters. The molecule has 0 radical (unpaired) electrons. The molecule has 0 heterocycles. The van der Waals surface area contributed by atoms with E-state index in [2.05, 4.69) is 23.6 Å². The third-order valence-corrected chi connectivity index (χ3v) is 5.17. The van der Waals surface area contributed by atoms with Gasteiger partial charge in [0.2, 0.25) is 0 Å². The number of rotatable bonds is 13. The van der Waals surface area contributed by atoms with Gasteiger partial charge in [0, 0.05) is 0 Å². The topological polar surface area (TPSA) is 175 Å². The zero-order valence-electron chi connectivity index (χ0n) is 14.8. The number of hydrogen-bond acceptors (Lipinski definition) is 9. The van der Waals surface area contributed by atoms with Crippen molar-refractivity contribution in [2.75, 3.05) is 0 Å². The summed E-state index contributed by atoms with van der Waals surface area (Å²) in [6.07, 6.45) is -1.67. The molecule has 0 saturated carbocycles. The van der Waals surface area contributed by atoms with Crippen LogP contribution in [0.3, 0.4) is 0 Å². The summed E-state index contributed by atoms with van der Waals surface area (Å²) in [4.78, 5) is 51.1. The molecule has 0 rings (SSSR count). The molecule has 14 heteroatoms. The van der Waals surface area contributed by atoms with Gasteiger partial charge in [0.1, 0.15) is 0 Å². The molecule has 5 unspecified atom stereocenters. The molecule has 0 fully saturated rings. The van der Waals surface area contributed by atoms with Crippen LogP contribution in [0.15, 0.2) is 0 Å². The lowest BCUT2D eigenvalue weighted by Gasteiger charge is -2.21. The second-order valence-corrected chi connectivity index (χ2v) is 8.51. The van der Waals surface area contributed by atoms with Crippen LogP contribution in [0.25, 0.3) is 0 Å². The predicted octanol–water partition coefficient (Wildman–Crippen LogP) is 2.15. The van der Waals surface area contributed by atoms with E-state index < -0.39 is 51.6 Å². The molecule has 0 aliphatic heterocycles. The first-order valence-corrected chi connectivity index (χ1v) is 10.8. The molecule has 0 aromatic carbocycles. The van der Waals surface area contributed by atoms with Gasteiger partial charge in [-0.15, -0.1) is 9.35 Å². The Kier molecular flexibility index (Phi) is 10.7. The van der Waals surface area contributed by atoms with E-state index in [9.17, 15) is 28.5 Å². The Morgan fingerprint density at radius 1 is 0.962 bits per heavy atom. The van der Waals surface area contributed by atoms with Gasteiger partial charge in [0.05, 0.1) is 18.6 Å². The first kappa shape index (κ1) is 25.2. The van der Waals surface area contributed by atoms with Gasteiger partial charge in [0.15, 0.2) is 5.66 Å². The van der Waals surface area contributed by atoms with Gasteiger partial charge < -0.3 is 14.5 Å². The minimum absolute atomic E-state index is 0.390. The first-order valence-electron chi connectivity index (χ1n) is 7.65. The van der Waals surface area contributed by atoms with Gasteiger partial charge in [-0.05, 0) is 26.7 Å².